The average Bonchev–Trinajstić information content (AvgIpc) is 3.38. The highest BCUT2D eigenvalue weighted by molar-refractivity contribution is 9.10. The van der Waals surface area contributed by atoms with E-state index in [1.165, 1.54) is 11.3 Å². The molecule has 0 fully saturated rings. The van der Waals surface area contributed by atoms with Crippen LogP contribution in [0, 0.1) is 0 Å². The van der Waals surface area contributed by atoms with E-state index in [9.17, 15) is 9.59 Å². The lowest BCUT2D eigenvalue weighted by Crippen LogP contribution is -2.40. The number of fused-ring (bicyclic) bond motifs is 1. The highest BCUT2D eigenvalue weighted by atomic mass is 79.9. The molecule has 1 aliphatic heterocycles. The van der Waals surface area contributed by atoms with Gasteiger partial charge in [-0.15, -0.1) is 0 Å². The predicted molar refractivity (Wildman–Crippen MR) is 189 cm³/mol. The van der Waals surface area contributed by atoms with Crippen molar-refractivity contribution in [1.29, 1.82) is 0 Å². The molecule has 1 atom stereocenters. The number of carbonyl (C=O) groups excluding carboxylic acids is 1. The summed E-state index contributed by atoms with van der Waals surface area (Å²) >= 11 is 17.4. The van der Waals surface area contributed by atoms with Gasteiger partial charge in [0.05, 0.1) is 40.0 Å². The molecule has 0 bridgehead atoms. The molecule has 0 saturated heterocycles. The van der Waals surface area contributed by atoms with Crippen LogP contribution in [0.5, 0.6) is 11.5 Å². The van der Waals surface area contributed by atoms with Crippen LogP contribution in [-0.4, -0.2) is 24.3 Å². The zero-order chi connectivity index (χ0) is 33.1. The van der Waals surface area contributed by atoms with Crippen LogP contribution in [0.2, 0.25) is 10.0 Å². The summed E-state index contributed by atoms with van der Waals surface area (Å²) in [4.78, 5) is 33.2. The molecule has 0 radical (unpaired) electrons. The predicted octanol–water partition coefficient (Wildman–Crippen LogP) is 7.59. The van der Waals surface area contributed by atoms with Crippen LogP contribution in [0.4, 0.5) is 0 Å². The Morgan fingerprint density at radius 2 is 1.74 bits per heavy atom. The first kappa shape index (κ1) is 32.8. The van der Waals surface area contributed by atoms with Crippen molar-refractivity contribution in [2.45, 2.75) is 19.6 Å². The zero-order valence-electron chi connectivity index (χ0n) is 25.2. The second kappa shape index (κ2) is 14.3. The molecule has 6 rings (SSSR count). The third-order valence-electron chi connectivity index (χ3n) is 7.44. The number of rotatable bonds is 9. The van der Waals surface area contributed by atoms with Crippen molar-refractivity contribution in [2.24, 2.45) is 4.99 Å². The van der Waals surface area contributed by atoms with Gasteiger partial charge in [-0.1, -0.05) is 95.2 Å². The van der Waals surface area contributed by atoms with Gasteiger partial charge >= 0.3 is 5.97 Å². The number of carbonyl (C=O) groups is 1. The fourth-order valence-corrected chi connectivity index (χ4v) is 7.17. The van der Waals surface area contributed by atoms with E-state index < -0.39 is 12.0 Å². The second-order valence-electron chi connectivity index (χ2n) is 10.4. The lowest BCUT2D eigenvalue weighted by molar-refractivity contribution is -0.138. The number of halogens is 3. The van der Waals surface area contributed by atoms with Crippen LogP contribution in [0.25, 0.3) is 11.8 Å². The number of nitrogens with zero attached hydrogens (tertiary/aromatic N) is 2. The normalized spacial score (nSPS) is 14.4. The number of methoxy groups -OCH3 is 1. The van der Waals surface area contributed by atoms with Gasteiger partial charge < -0.3 is 14.2 Å². The molecule has 0 saturated carbocycles. The largest absolute Gasteiger partial charge is 0.493 e. The van der Waals surface area contributed by atoms with Gasteiger partial charge in [-0.3, -0.25) is 9.36 Å². The standard InChI is InChI=1S/C36H27BrCl2N2O5S/c1-3-45-35(43)30-31(22-9-5-4-6-10-22)40-36-41(32(30)23-13-15-25(38)16-14-23)34(42)29(47-36)19-21-17-26(37)33(28(18-21)44-2)46-20-24-11-7-8-12-27(24)39/h4-19,32H,3,20H2,1-2H3/b29-19-/t32-/m1/s1. The summed E-state index contributed by atoms with van der Waals surface area (Å²) in [5.74, 6) is 0.422. The van der Waals surface area contributed by atoms with Crippen molar-refractivity contribution in [3.8, 4) is 11.5 Å². The number of esters is 1. The summed E-state index contributed by atoms with van der Waals surface area (Å²) < 4.78 is 19.9. The van der Waals surface area contributed by atoms with E-state index in [0.717, 1.165) is 11.1 Å². The van der Waals surface area contributed by atoms with Crippen molar-refractivity contribution in [2.75, 3.05) is 13.7 Å². The molecule has 0 amide bonds. The van der Waals surface area contributed by atoms with E-state index in [-0.39, 0.29) is 24.3 Å². The van der Waals surface area contributed by atoms with E-state index in [1.54, 1.807) is 55.0 Å². The second-order valence-corrected chi connectivity index (χ2v) is 13.1. The van der Waals surface area contributed by atoms with Crippen LogP contribution in [0.15, 0.2) is 111 Å². The number of thiazole rings is 1. The number of ether oxygens (including phenoxy) is 3. The average molecular weight is 750 g/mol. The van der Waals surface area contributed by atoms with Crippen LogP contribution in [-0.2, 0) is 16.1 Å². The van der Waals surface area contributed by atoms with Crippen LogP contribution in [0.3, 0.4) is 0 Å². The van der Waals surface area contributed by atoms with E-state index in [1.807, 2.05) is 60.7 Å². The molecule has 4 aromatic carbocycles. The fraction of sp³-hybridized carbons (Fsp3) is 0.139. The van der Waals surface area contributed by atoms with Crippen molar-refractivity contribution >= 4 is 68.2 Å². The van der Waals surface area contributed by atoms with Gasteiger partial charge in [-0.05, 0) is 70.4 Å². The Balaban J connectivity index is 1.49. The third kappa shape index (κ3) is 6.80. The molecule has 0 N–H and O–H groups in total. The number of aromatic nitrogens is 1. The summed E-state index contributed by atoms with van der Waals surface area (Å²) in [5, 5.41) is 1.14. The Hall–Kier alpha value is -4.15. The van der Waals surface area contributed by atoms with E-state index in [0.29, 0.717) is 52.2 Å². The number of hydrogen-bond acceptors (Lipinski definition) is 7. The molecule has 0 spiro atoms. The maximum Gasteiger partial charge on any atom is 0.338 e. The fourth-order valence-electron chi connectivity index (χ4n) is 5.28. The Kier molecular flexibility index (Phi) is 9.98. The zero-order valence-corrected chi connectivity index (χ0v) is 29.1. The lowest BCUT2D eigenvalue weighted by atomic mass is 9.93. The quantitative estimate of drug-likeness (QED) is 0.145. The van der Waals surface area contributed by atoms with E-state index in [4.69, 9.17) is 42.4 Å². The summed E-state index contributed by atoms with van der Waals surface area (Å²) in [6.07, 6.45) is 1.77. The SMILES string of the molecule is CCOC(=O)C1=C(c2ccccc2)N=c2s/c(=C\c3cc(Br)c(OCc4ccccc4Cl)c(OC)c3)c(=O)n2[C@@H]1c1ccc(Cl)cc1. The Labute approximate surface area is 293 Å². The van der Waals surface area contributed by atoms with Gasteiger partial charge in [0.15, 0.2) is 16.3 Å². The van der Waals surface area contributed by atoms with Crippen LogP contribution in [0.1, 0.15) is 35.2 Å². The molecule has 238 valence electrons. The minimum absolute atomic E-state index is 0.164. The maximum absolute atomic E-state index is 14.2. The van der Waals surface area contributed by atoms with E-state index >= 15 is 0 Å². The monoisotopic (exact) mass is 748 g/mol. The van der Waals surface area contributed by atoms with Gasteiger partial charge in [-0.25, -0.2) is 9.79 Å². The molecule has 2 heterocycles. The molecule has 11 heteroatoms. The summed E-state index contributed by atoms with van der Waals surface area (Å²) in [7, 11) is 1.55. The molecule has 0 unspecified atom stereocenters. The van der Waals surface area contributed by atoms with Crippen LogP contribution < -0.4 is 24.4 Å². The summed E-state index contributed by atoms with van der Waals surface area (Å²) in [5.41, 5.74) is 3.36. The lowest BCUT2D eigenvalue weighted by Gasteiger charge is -2.25. The minimum atomic E-state index is -0.804. The maximum atomic E-state index is 14.2. The first-order chi connectivity index (χ1) is 22.8. The van der Waals surface area contributed by atoms with Crippen LogP contribution >= 0.6 is 50.5 Å². The minimum Gasteiger partial charge on any atom is -0.493 e. The molecule has 5 aromatic rings. The van der Waals surface area contributed by atoms with Crippen molar-refractivity contribution < 1.29 is 19.0 Å². The van der Waals surface area contributed by atoms with Gasteiger partial charge in [-0.2, -0.15) is 0 Å². The molecule has 47 heavy (non-hydrogen) atoms. The molecule has 1 aromatic heterocycles. The first-order valence-electron chi connectivity index (χ1n) is 14.6. The summed E-state index contributed by atoms with van der Waals surface area (Å²) in [6, 6.07) is 26.8. The number of benzene rings is 4. The van der Waals surface area contributed by atoms with Crippen molar-refractivity contribution in [3.63, 3.8) is 0 Å². The van der Waals surface area contributed by atoms with Crippen molar-refractivity contribution in [1.82, 2.24) is 4.57 Å². The molecular weight excluding hydrogens is 723 g/mol. The highest BCUT2D eigenvalue weighted by Crippen LogP contribution is 2.38. The molecule has 1 aliphatic rings. The van der Waals surface area contributed by atoms with E-state index in [2.05, 4.69) is 15.9 Å². The number of hydrogen-bond donors (Lipinski definition) is 0. The molecule has 7 nitrogen and oxygen atoms in total. The smallest absolute Gasteiger partial charge is 0.338 e. The first-order valence-corrected chi connectivity index (χ1v) is 16.9. The topological polar surface area (TPSA) is 79.1 Å². The highest BCUT2D eigenvalue weighted by Gasteiger charge is 2.35. The molecule has 0 aliphatic carbocycles. The Morgan fingerprint density at radius 1 is 1.02 bits per heavy atom. The van der Waals surface area contributed by atoms with Gasteiger partial charge in [0.2, 0.25) is 0 Å². The van der Waals surface area contributed by atoms with Gasteiger partial charge in [0.25, 0.3) is 5.56 Å². The Bertz CT molecular complexity index is 2180. The summed E-state index contributed by atoms with van der Waals surface area (Å²) in [6.45, 7) is 2.15. The third-order valence-corrected chi connectivity index (χ3v) is 9.63. The van der Waals surface area contributed by atoms with Gasteiger partial charge in [0.1, 0.15) is 6.61 Å². The van der Waals surface area contributed by atoms with Gasteiger partial charge in [0, 0.05) is 21.2 Å². The van der Waals surface area contributed by atoms with Crippen molar-refractivity contribution in [3.05, 3.63) is 153 Å². The molecular formula is C36H27BrCl2N2O5S. The Morgan fingerprint density at radius 3 is 2.45 bits per heavy atom.